The van der Waals surface area contributed by atoms with Crippen LogP contribution in [0.25, 0.3) is 0 Å². The molecule has 5 N–H and O–H groups in total. The summed E-state index contributed by atoms with van der Waals surface area (Å²) in [6.07, 6.45) is 2.40. The molecule has 18 heavy (non-hydrogen) atoms. The third-order valence-electron chi connectivity index (χ3n) is 2.59. The summed E-state index contributed by atoms with van der Waals surface area (Å²) in [7, 11) is -0.851. The van der Waals surface area contributed by atoms with Crippen molar-refractivity contribution in [3.63, 3.8) is 0 Å². The fourth-order valence-electron chi connectivity index (χ4n) is 1.31. The number of nitrogens with zero attached hydrogens (tertiary/aromatic N) is 1. The lowest BCUT2D eigenvalue weighted by Gasteiger charge is -2.11. The minimum absolute atomic E-state index is 0.0954. The molecule has 0 aromatic carbocycles. The van der Waals surface area contributed by atoms with Gasteiger partial charge in [0.1, 0.15) is 11.5 Å². The number of amides is 1. The predicted octanol–water partition coefficient (Wildman–Crippen LogP) is 0.332. The van der Waals surface area contributed by atoms with Crippen LogP contribution >= 0.6 is 0 Å². The van der Waals surface area contributed by atoms with Crippen LogP contribution in [0.3, 0.4) is 0 Å². The van der Waals surface area contributed by atoms with Gasteiger partial charge in [-0.3, -0.25) is 9.00 Å². The molecule has 0 saturated heterocycles. The van der Waals surface area contributed by atoms with E-state index in [0.29, 0.717) is 18.1 Å². The van der Waals surface area contributed by atoms with Crippen LogP contribution in [0.1, 0.15) is 23.8 Å². The number of nitrogens with one attached hydrogen (secondary N) is 1. The maximum atomic E-state index is 11.2. The fourth-order valence-corrected chi connectivity index (χ4v) is 1.76. The van der Waals surface area contributed by atoms with Crippen molar-refractivity contribution in [1.29, 1.82) is 0 Å². The summed E-state index contributed by atoms with van der Waals surface area (Å²) >= 11 is 0. The SMILES string of the molecule is CC(CCNc1nc(C(N)=O)ccc1N)S(C)=O. The highest BCUT2D eigenvalue weighted by molar-refractivity contribution is 7.84. The molecule has 1 heterocycles. The first kappa shape index (κ1) is 14.4. The van der Waals surface area contributed by atoms with Crippen LogP contribution in [0.2, 0.25) is 0 Å². The first-order valence-corrected chi connectivity index (χ1v) is 7.16. The van der Waals surface area contributed by atoms with Crippen LogP contribution in [0.5, 0.6) is 0 Å². The van der Waals surface area contributed by atoms with Crippen molar-refractivity contribution < 1.29 is 9.00 Å². The average molecular weight is 270 g/mol. The van der Waals surface area contributed by atoms with Gasteiger partial charge in [-0.1, -0.05) is 6.92 Å². The van der Waals surface area contributed by atoms with Crippen LogP contribution in [0.15, 0.2) is 12.1 Å². The van der Waals surface area contributed by atoms with E-state index in [1.54, 1.807) is 12.3 Å². The molecule has 1 rings (SSSR count). The summed E-state index contributed by atoms with van der Waals surface area (Å²) in [5.41, 5.74) is 11.5. The topological polar surface area (TPSA) is 111 Å². The largest absolute Gasteiger partial charge is 0.396 e. The summed E-state index contributed by atoms with van der Waals surface area (Å²) in [5, 5.41) is 3.11. The van der Waals surface area contributed by atoms with Gasteiger partial charge < -0.3 is 16.8 Å². The van der Waals surface area contributed by atoms with Crippen molar-refractivity contribution in [2.24, 2.45) is 5.73 Å². The maximum Gasteiger partial charge on any atom is 0.267 e. The summed E-state index contributed by atoms with van der Waals surface area (Å²) in [6, 6.07) is 3.06. The van der Waals surface area contributed by atoms with E-state index in [-0.39, 0.29) is 10.9 Å². The second kappa shape index (κ2) is 6.34. The monoisotopic (exact) mass is 270 g/mol. The Kier molecular flexibility index (Phi) is 5.08. The number of rotatable bonds is 6. The molecule has 1 amide bonds. The molecule has 0 aliphatic heterocycles. The molecule has 0 aliphatic carbocycles. The highest BCUT2D eigenvalue weighted by atomic mass is 32.2. The number of nitrogen functional groups attached to an aromatic ring is 1. The van der Waals surface area contributed by atoms with Crippen LogP contribution < -0.4 is 16.8 Å². The summed E-state index contributed by atoms with van der Waals surface area (Å²) in [6.45, 7) is 2.49. The number of anilines is 2. The molecule has 0 spiro atoms. The van der Waals surface area contributed by atoms with Gasteiger partial charge in [-0.05, 0) is 18.6 Å². The van der Waals surface area contributed by atoms with Crippen LogP contribution in [0.4, 0.5) is 11.5 Å². The van der Waals surface area contributed by atoms with Crippen molar-refractivity contribution in [3.8, 4) is 0 Å². The molecule has 2 unspecified atom stereocenters. The molecule has 0 radical (unpaired) electrons. The minimum Gasteiger partial charge on any atom is -0.396 e. The number of hydrogen-bond acceptors (Lipinski definition) is 5. The molecule has 1 aromatic heterocycles. The van der Waals surface area contributed by atoms with E-state index in [9.17, 15) is 9.00 Å². The van der Waals surface area contributed by atoms with Crippen LogP contribution in [-0.4, -0.2) is 33.2 Å². The second-order valence-electron chi connectivity index (χ2n) is 4.02. The molecule has 0 fully saturated rings. The van der Waals surface area contributed by atoms with Gasteiger partial charge in [0.05, 0.1) is 5.69 Å². The number of hydrogen-bond donors (Lipinski definition) is 3. The number of aromatic nitrogens is 1. The van der Waals surface area contributed by atoms with Crippen molar-refractivity contribution in [2.45, 2.75) is 18.6 Å². The first-order chi connectivity index (χ1) is 8.41. The maximum absolute atomic E-state index is 11.2. The molecule has 0 aliphatic rings. The molecule has 100 valence electrons. The predicted molar refractivity (Wildman–Crippen MR) is 73.8 cm³/mol. The first-order valence-electron chi connectivity index (χ1n) is 5.54. The van der Waals surface area contributed by atoms with Crippen molar-refractivity contribution >= 4 is 28.2 Å². The highest BCUT2D eigenvalue weighted by Crippen LogP contribution is 2.15. The molecule has 2 atom stereocenters. The molecule has 0 saturated carbocycles. The Morgan fingerprint density at radius 2 is 2.22 bits per heavy atom. The van der Waals surface area contributed by atoms with Crippen molar-refractivity contribution in [3.05, 3.63) is 17.8 Å². The summed E-state index contributed by atoms with van der Waals surface area (Å²) in [5.74, 6) is -0.165. The zero-order valence-corrected chi connectivity index (χ0v) is 11.3. The lowest BCUT2D eigenvalue weighted by atomic mass is 10.3. The van der Waals surface area contributed by atoms with E-state index in [0.717, 1.165) is 6.42 Å². The summed E-state index contributed by atoms with van der Waals surface area (Å²) in [4.78, 5) is 15.0. The zero-order valence-electron chi connectivity index (χ0n) is 10.5. The highest BCUT2D eigenvalue weighted by Gasteiger charge is 2.09. The molecule has 1 aromatic rings. The van der Waals surface area contributed by atoms with Crippen molar-refractivity contribution in [2.75, 3.05) is 23.9 Å². The Balaban J connectivity index is 2.64. The minimum atomic E-state index is -0.851. The number of carbonyl (C=O) groups excluding carboxylic acids is 1. The van der Waals surface area contributed by atoms with Gasteiger partial charge in [0.2, 0.25) is 0 Å². The van der Waals surface area contributed by atoms with Gasteiger partial charge in [0.25, 0.3) is 5.91 Å². The molecule has 6 nitrogen and oxygen atoms in total. The van der Waals surface area contributed by atoms with Gasteiger partial charge in [-0.2, -0.15) is 0 Å². The number of nitrogens with two attached hydrogens (primary N) is 2. The Morgan fingerprint density at radius 3 is 2.78 bits per heavy atom. The van der Waals surface area contributed by atoms with E-state index in [1.807, 2.05) is 6.92 Å². The lowest BCUT2D eigenvalue weighted by Crippen LogP contribution is -2.18. The molecular weight excluding hydrogens is 252 g/mol. The third-order valence-corrected chi connectivity index (χ3v) is 3.96. The van der Waals surface area contributed by atoms with Gasteiger partial charge >= 0.3 is 0 Å². The fraction of sp³-hybridized carbons (Fsp3) is 0.455. The zero-order chi connectivity index (χ0) is 13.7. The normalized spacial score (nSPS) is 13.9. The summed E-state index contributed by atoms with van der Waals surface area (Å²) < 4.78 is 11.2. The molecule has 7 heteroatoms. The van der Waals surface area contributed by atoms with E-state index < -0.39 is 16.7 Å². The Labute approximate surface area is 109 Å². The van der Waals surface area contributed by atoms with E-state index in [1.165, 1.54) is 6.07 Å². The Bertz CT molecular complexity index is 464. The number of pyridine rings is 1. The van der Waals surface area contributed by atoms with Crippen LogP contribution in [-0.2, 0) is 10.8 Å². The smallest absolute Gasteiger partial charge is 0.267 e. The van der Waals surface area contributed by atoms with Crippen LogP contribution in [0, 0.1) is 0 Å². The Morgan fingerprint density at radius 1 is 1.56 bits per heavy atom. The van der Waals surface area contributed by atoms with Crippen molar-refractivity contribution in [1.82, 2.24) is 4.98 Å². The Hall–Kier alpha value is -1.63. The van der Waals surface area contributed by atoms with E-state index in [2.05, 4.69) is 10.3 Å². The van der Waals surface area contributed by atoms with Gasteiger partial charge in [0.15, 0.2) is 0 Å². The van der Waals surface area contributed by atoms with Gasteiger partial charge in [-0.15, -0.1) is 0 Å². The average Bonchev–Trinajstić information content (AvgIpc) is 2.30. The van der Waals surface area contributed by atoms with Gasteiger partial charge in [0, 0.05) is 28.9 Å². The van der Waals surface area contributed by atoms with E-state index in [4.69, 9.17) is 11.5 Å². The third kappa shape index (κ3) is 3.99. The second-order valence-corrected chi connectivity index (χ2v) is 5.83. The van der Waals surface area contributed by atoms with E-state index >= 15 is 0 Å². The quantitative estimate of drug-likeness (QED) is 0.690. The molecular formula is C11H18N4O2S. The number of carbonyl (C=O) groups is 1. The standard InChI is InChI=1S/C11H18N4O2S/c1-7(18(2)17)5-6-14-11-8(12)3-4-9(15-11)10(13)16/h3-4,7H,5-6,12H2,1-2H3,(H2,13,16)(H,14,15). The molecule has 0 bridgehead atoms. The lowest BCUT2D eigenvalue weighted by molar-refractivity contribution is 0.0996. The van der Waals surface area contributed by atoms with Gasteiger partial charge in [-0.25, -0.2) is 4.98 Å². The number of primary amides is 1.